The predicted octanol–water partition coefficient (Wildman–Crippen LogP) is 8.84. The molecule has 2 amide bonds. The van der Waals surface area contributed by atoms with Crippen LogP contribution in [0, 0.1) is 5.92 Å². The van der Waals surface area contributed by atoms with E-state index in [9.17, 15) is 14.4 Å². The van der Waals surface area contributed by atoms with Crippen LogP contribution in [0.15, 0.2) is 0 Å². The minimum atomic E-state index is -0.880. The van der Waals surface area contributed by atoms with Crippen molar-refractivity contribution in [3.05, 3.63) is 0 Å². The van der Waals surface area contributed by atoms with E-state index in [1.54, 1.807) is 0 Å². The van der Waals surface area contributed by atoms with Crippen molar-refractivity contribution in [3.8, 4) is 0 Å². The molecule has 0 spiro atoms. The topological polar surface area (TPSA) is 88.2 Å². The first-order valence-electron chi connectivity index (χ1n) is 20.2. The van der Waals surface area contributed by atoms with E-state index in [1.807, 2.05) is 19.0 Å². The highest BCUT2D eigenvalue weighted by Crippen LogP contribution is 2.28. The van der Waals surface area contributed by atoms with Crippen molar-refractivity contribution in [2.24, 2.45) is 5.92 Å². The molecule has 0 unspecified atom stereocenters. The number of amides is 2. The number of hydrogen-bond donors (Lipinski definition) is 1. The van der Waals surface area contributed by atoms with Gasteiger partial charge in [-0.25, -0.2) is 0 Å². The number of carbonyl (C=O) groups excluding carboxylic acids is 3. The molecule has 0 bridgehead atoms. The predicted molar refractivity (Wildman–Crippen MR) is 199 cm³/mol. The van der Waals surface area contributed by atoms with E-state index in [4.69, 9.17) is 9.47 Å². The molecule has 1 aliphatic heterocycles. The lowest BCUT2D eigenvalue weighted by molar-refractivity contribution is -0.180. The van der Waals surface area contributed by atoms with Crippen LogP contribution in [0.1, 0.15) is 175 Å². The second-order valence-electron chi connectivity index (χ2n) is 15.2. The number of esters is 1. The smallest absolute Gasteiger partial charge is 0.306 e. The summed E-state index contributed by atoms with van der Waals surface area (Å²) in [5.41, 5.74) is -0.880. The standard InChI is InChI=1S/C40H77N3O5/c1-7-9-11-13-17-21-26-36(27-22-18-14-12-10-8-2)48-38(45)29-24-20-16-15-19-23-28-37(44)43(31-25-30-42(5)6)40(33-47-34-40)39(46)41-32-35(3)4/h35-36H,7-34H2,1-6H3,(H,41,46). The molecule has 0 radical (unpaired) electrons. The molecule has 1 heterocycles. The van der Waals surface area contributed by atoms with Crippen molar-refractivity contribution in [3.63, 3.8) is 0 Å². The molecule has 0 aromatic rings. The molecule has 0 aromatic carbocycles. The van der Waals surface area contributed by atoms with Crippen molar-refractivity contribution in [2.75, 3.05) is 46.9 Å². The molecule has 282 valence electrons. The second-order valence-corrected chi connectivity index (χ2v) is 15.2. The Morgan fingerprint density at radius 3 is 1.67 bits per heavy atom. The first-order chi connectivity index (χ1) is 23.2. The van der Waals surface area contributed by atoms with E-state index in [0.29, 0.717) is 31.8 Å². The summed E-state index contributed by atoms with van der Waals surface area (Å²) < 4.78 is 11.5. The van der Waals surface area contributed by atoms with Crippen LogP contribution >= 0.6 is 0 Å². The van der Waals surface area contributed by atoms with Crippen LogP contribution in [-0.4, -0.2) is 86.2 Å². The monoisotopic (exact) mass is 680 g/mol. The fourth-order valence-electron chi connectivity index (χ4n) is 6.49. The lowest BCUT2D eigenvalue weighted by atomic mass is 9.92. The van der Waals surface area contributed by atoms with Gasteiger partial charge in [0.25, 0.3) is 5.91 Å². The highest BCUT2D eigenvalue weighted by atomic mass is 16.5. The number of nitrogens with one attached hydrogen (secondary N) is 1. The van der Waals surface area contributed by atoms with Crippen molar-refractivity contribution >= 4 is 17.8 Å². The summed E-state index contributed by atoms with van der Waals surface area (Å²) in [7, 11) is 4.05. The fraction of sp³-hybridized carbons (Fsp3) is 0.925. The van der Waals surface area contributed by atoms with Gasteiger partial charge < -0.3 is 24.6 Å². The third kappa shape index (κ3) is 20.1. The molecular weight excluding hydrogens is 602 g/mol. The van der Waals surface area contributed by atoms with Gasteiger partial charge in [0.1, 0.15) is 6.10 Å². The number of rotatable bonds is 32. The molecule has 1 aliphatic rings. The first kappa shape index (κ1) is 44.4. The summed E-state index contributed by atoms with van der Waals surface area (Å²) in [6, 6.07) is 0. The van der Waals surface area contributed by atoms with Crippen LogP contribution < -0.4 is 5.32 Å². The van der Waals surface area contributed by atoms with Crippen molar-refractivity contribution in [2.45, 2.75) is 187 Å². The van der Waals surface area contributed by atoms with E-state index in [2.05, 4.69) is 37.9 Å². The largest absolute Gasteiger partial charge is 0.462 e. The van der Waals surface area contributed by atoms with Crippen LogP contribution in [0.4, 0.5) is 0 Å². The van der Waals surface area contributed by atoms with Gasteiger partial charge in [-0.15, -0.1) is 0 Å². The molecule has 1 N–H and O–H groups in total. The van der Waals surface area contributed by atoms with E-state index in [1.165, 1.54) is 64.2 Å². The third-order valence-electron chi connectivity index (χ3n) is 9.66. The molecule has 1 fully saturated rings. The van der Waals surface area contributed by atoms with E-state index >= 15 is 0 Å². The Morgan fingerprint density at radius 1 is 0.688 bits per heavy atom. The number of unbranched alkanes of at least 4 members (excludes halogenated alkanes) is 15. The van der Waals surface area contributed by atoms with Crippen LogP contribution in [0.5, 0.6) is 0 Å². The van der Waals surface area contributed by atoms with Gasteiger partial charge >= 0.3 is 5.97 Å². The van der Waals surface area contributed by atoms with Gasteiger partial charge in [-0.05, 0) is 71.5 Å². The lowest BCUT2D eigenvalue weighted by Gasteiger charge is -2.48. The van der Waals surface area contributed by atoms with E-state index < -0.39 is 5.54 Å². The minimum absolute atomic E-state index is 0.0248. The number of ether oxygens (including phenoxy) is 2. The van der Waals surface area contributed by atoms with Crippen LogP contribution in [0.2, 0.25) is 0 Å². The summed E-state index contributed by atoms with van der Waals surface area (Å²) in [5, 5.41) is 3.05. The van der Waals surface area contributed by atoms with E-state index in [0.717, 1.165) is 77.2 Å². The molecule has 48 heavy (non-hydrogen) atoms. The van der Waals surface area contributed by atoms with Gasteiger partial charge in [0.05, 0.1) is 13.2 Å². The molecule has 0 aliphatic carbocycles. The molecular formula is C40H77N3O5. The van der Waals surface area contributed by atoms with Gasteiger partial charge in [0.15, 0.2) is 5.54 Å². The summed E-state index contributed by atoms with van der Waals surface area (Å²) in [5.74, 6) is 0.284. The molecule has 1 rings (SSSR count). The maximum absolute atomic E-state index is 13.5. The Labute approximate surface area is 296 Å². The SMILES string of the molecule is CCCCCCCCC(CCCCCCCC)OC(=O)CCCCCCCCC(=O)N(CCCN(C)C)C1(C(=O)NCC(C)C)COC1. The number of carbonyl (C=O) groups is 3. The Balaban J connectivity index is 2.40. The average Bonchev–Trinajstić information content (AvgIpc) is 3.02. The normalized spacial score (nSPS) is 14.0. The summed E-state index contributed by atoms with van der Waals surface area (Å²) in [6.07, 6.45) is 24.9. The van der Waals surface area contributed by atoms with Crippen LogP contribution in [0.3, 0.4) is 0 Å². The van der Waals surface area contributed by atoms with Crippen molar-refractivity contribution < 1.29 is 23.9 Å². The van der Waals surface area contributed by atoms with Crippen molar-refractivity contribution in [1.82, 2.24) is 15.1 Å². The Hall–Kier alpha value is -1.67. The zero-order valence-electron chi connectivity index (χ0n) is 32.4. The highest BCUT2D eigenvalue weighted by Gasteiger charge is 2.52. The van der Waals surface area contributed by atoms with Crippen LogP contribution in [0.25, 0.3) is 0 Å². The lowest BCUT2D eigenvalue weighted by Crippen LogP contribution is -2.71. The minimum Gasteiger partial charge on any atom is -0.462 e. The molecule has 1 saturated heterocycles. The van der Waals surface area contributed by atoms with Gasteiger partial charge in [-0.3, -0.25) is 14.4 Å². The average molecular weight is 680 g/mol. The summed E-state index contributed by atoms with van der Waals surface area (Å²) in [4.78, 5) is 43.3. The summed E-state index contributed by atoms with van der Waals surface area (Å²) >= 11 is 0. The quantitative estimate of drug-likeness (QED) is 0.0565. The van der Waals surface area contributed by atoms with Crippen molar-refractivity contribution in [1.29, 1.82) is 0 Å². The highest BCUT2D eigenvalue weighted by molar-refractivity contribution is 5.92. The Bertz CT molecular complexity index is 814. The summed E-state index contributed by atoms with van der Waals surface area (Å²) in [6.45, 7) is 11.2. The van der Waals surface area contributed by atoms with Gasteiger partial charge in [-0.2, -0.15) is 0 Å². The van der Waals surface area contributed by atoms with Crippen LogP contribution in [-0.2, 0) is 23.9 Å². The van der Waals surface area contributed by atoms with Gasteiger partial charge in [0.2, 0.25) is 5.91 Å². The number of hydrogen-bond acceptors (Lipinski definition) is 6. The molecule has 0 atom stereocenters. The van der Waals surface area contributed by atoms with Gasteiger partial charge in [-0.1, -0.05) is 118 Å². The van der Waals surface area contributed by atoms with Gasteiger partial charge in [0, 0.05) is 25.9 Å². The number of nitrogens with zero attached hydrogens (tertiary/aromatic N) is 2. The second kappa shape index (κ2) is 28.1. The maximum atomic E-state index is 13.5. The molecule has 8 nitrogen and oxygen atoms in total. The zero-order valence-corrected chi connectivity index (χ0v) is 32.4. The maximum Gasteiger partial charge on any atom is 0.306 e. The Morgan fingerprint density at radius 2 is 1.19 bits per heavy atom. The van der Waals surface area contributed by atoms with E-state index in [-0.39, 0.29) is 37.1 Å². The molecule has 0 aromatic heterocycles. The fourth-order valence-corrected chi connectivity index (χ4v) is 6.49. The molecule has 0 saturated carbocycles. The molecule has 8 heteroatoms. The third-order valence-corrected chi connectivity index (χ3v) is 9.66. The zero-order chi connectivity index (χ0) is 35.5. The Kier molecular flexibility index (Phi) is 25.9. The first-order valence-corrected chi connectivity index (χ1v) is 20.2.